The zero-order chi connectivity index (χ0) is 38.4. The van der Waals surface area contributed by atoms with Gasteiger partial charge in [0.25, 0.3) is 0 Å². The van der Waals surface area contributed by atoms with Gasteiger partial charge in [-0.05, 0) is 97.4 Å². The van der Waals surface area contributed by atoms with Crippen molar-refractivity contribution in [3.05, 3.63) is 224 Å². The van der Waals surface area contributed by atoms with E-state index in [4.69, 9.17) is 0 Å². The summed E-state index contributed by atoms with van der Waals surface area (Å²) in [7, 11) is 0. The van der Waals surface area contributed by atoms with Gasteiger partial charge in [-0.3, -0.25) is 0 Å². The quantitative estimate of drug-likeness (QED) is 0.174. The molecule has 58 heavy (non-hydrogen) atoms. The Morgan fingerprint density at radius 2 is 0.655 bits per heavy atom. The van der Waals surface area contributed by atoms with E-state index in [0.717, 1.165) is 0 Å². The highest BCUT2D eigenvalue weighted by molar-refractivity contribution is 6.21. The van der Waals surface area contributed by atoms with Crippen molar-refractivity contribution < 1.29 is 0 Å². The second-order valence-electron chi connectivity index (χ2n) is 14.9. The van der Waals surface area contributed by atoms with Crippen LogP contribution >= 0.6 is 0 Å². The fourth-order valence-corrected chi connectivity index (χ4v) is 8.99. The Bertz CT molecular complexity index is 3320. The SMILES string of the molecule is c1ccc(-c2c3ccccc3c(-c3ccc(-c4ccc5c(c4)c4ccccc4n5-c4ccccc4)cc3)c3ccccc23)cc1.c1ccc2c(c1)[nH]c1ccccc12. The van der Waals surface area contributed by atoms with Crippen LogP contribution in [0.15, 0.2) is 224 Å². The topological polar surface area (TPSA) is 20.7 Å². The van der Waals surface area contributed by atoms with Gasteiger partial charge >= 0.3 is 0 Å². The van der Waals surface area contributed by atoms with Gasteiger partial charge in [0.1, 0.15) is 0 Å². The molecule has 0 atom stereocenters. The van der Waals surface area contributed by atoms with Crippen LogP contribution in [0.1, 0.15) is 0 Å². The monoisotopic (exact) mass is 738 g/mol. The van der Waals surface area contributed by atoms with E-state index in [1.807, 2.05) is 0 Å². The van der Waals surface area contributed by atoms with E-state index in [1.165, 1.54) is 104 Å². The summed E-state index contributed by atoms with van der Waals surface area (Å²) >= 11 is 0. The van der Waals surface area contributed by atoms with E-state index in [1.54, 1.807) is 0 Å². The molecule has 0 saturated heterocycles. The van der Waals surface area contributed by atoms with Gasteiger partial charge < -0.3 is 9.55 Å². The number of para-hydroxylation sites is 4. The van der Waals surface area contributed by atoms with Gasteiger partial charge in [0.05, 0.1) is 11.0 Å². The number of nitrogens with one attached hydrogen (secondary N) is 1. The highest BCUT2D eigenvalue weighted by Crippen LogP contribution is 2.44. The molecule has 12 rings (SSSR count). The normalized spacial score (nSPS) is 11.4. The lowest BCUT2D eigenvalue weighted by Crippen LogP contribution is -1.92. The number of rotatable bonds is 4. The molecule has 0 fully saturated rings. The maximum atomic E-state index is 3.38. The first-order chi connectivity index (χ1) is 28.8. The van der Waals surface area contributed by atoms with Crippen LogP contribution in [0.5, 0.6) is 0 Å². The Labute approximate surface area is 336 Å². The number of fused-ring (bicyclic) bond motifs is 8. The van der Waals surface area contributed by atoms with Crippen molar-refractivity contribution in [2.75, 3.05) is 0 Å². The van der Waals surface area contributed by atoms with E-state index in [0.29, 0.717) is 0 Å². The molecule has 0 aliphatic heterocycles. The third kappa shape index (κ3) is 5.66. The third-order valence-electron chi connectivity index (χ3n) is 11.6. The largest absolute Gasteiger partial charge is 0.355 e. The fourth-order valence-electron chi connectivity index (χ4n) is 8.99. The van der Waals surface area contributed by atoms with Gasteiger partial charge in [0.2, 0.25) is 0 Å². The van der Waals surface area contributed by atoms with Crippen LogP contribution in [-0.2, 0) is 0 Å². The molecular formula is C56H38N2. The van der Waals surface area contributed by atoms with Crippen LogP contribution < -0.4 is 0 Å². The van der Waals surface area contributed by atoms with Crippen molar-refractivity contribution in [2.45, 2.75) is 0 Å². The molecule has 272 valence electrons. The second kappa shape index (κ2) is 14.1. The molecule has 0 bridgehead atoms. The van der Waals surface area contributed by atoms with Gasteiger partial charge in [0, 0.05) is 38.3 Å². The van der Waals surface area contributed by atoms with Crippen LogP contribution in [0, 0.1) is 0 Å². The molecule has 10 aromatic carbocycles. The van der Waals surface area contributed by atoms with Crippen molar-refractivity contribution in [3.63, 3.8) is 0 Å². The molecule has 0 unspecified atom stereocenters. The predicted octanol–water partition coefficient (Wildman–Crippen LogP) is 15.4. The van der Waals surface area contributed by atoms with E-state index in [2.05, 4.69) is 234 Å². The number of benzene rings is 10. The molecule has 0 spiro atoms. The minimum absolute atomic E-state index is 1.18. The summed E-state index contributed by atoms with van der Waals surface area (Å²) in [4.78, 5) is 3.38. The number of hydrogen-bond donors (Lipinski definition) is 1. The van der Waals surface area contributed by atoms with Crippen LogP contribution in [0.4, 0.5) is 0 Å². The molecule has 12 aromatic rings. The van der Waals surface area contributed by atoms with Crippen molar-refractivity contribution in [3.8, 4) is 39.1 Å². The number of nitrogens with zero attached hydrogens (tertiary/aromatic N) is 1. The number of hydrogen-bond acceptors (Lipinski definition) is 0. The highest BCUT2D eigenvalue weighted by atomic mass is 15.0. The molecule has 2 nitrogen and oxygen atoms in total. The molecule has 2 aromatic heterocycles. The second-order valence-corrected chi connectivity index (χ2v) is 14.9. The average molecular weight is 739 g/mol. The minimum Gasteiger partial charge on any atom is -0.355 e. The van der Waals surface area contributed by atoms with Gasteiger partial charge in [-0.15, -0.1) is 0 Å². The summed E-state index contributed by atoms with van der Waals surface area (Å²) in [5.41, 5.74) is 13.5. The van der Waals surface area contributed by atoms with Crippen LogP contribution in [0.2, 0.25) is 0 Å². The van der Waals surface area contributed by atoms with Crippen LogP contribution in [0.3, 0.4) is 0 Å². The van der Waals surface area contributed by atoms with Crippen molar-refractivity contribution in [2.24, 2.45) is 0 Å². The Kier molecular flexibility index (Phi) is 8.19. The third-order valence-corrected chi connectivity index (χ3v) is 11.6. The van der Waals surface area contributed by atoms with Gasteiger partial charge in [-0.1, -0.05) is 182 Å². The summed E-state index contributed by atoms with van der Waals surface area (Å²) in [6.07, 6.45) is 0. The molecule has 0 aliphatic carbocycles. The molecule has 0 saturated carbocycles. The zero-order valence-corrected chi connectivity index (χ0v) is 31.8. The number of H-pyrrole nitrogens is 1. The summed E-state index contributed by atoms with van der Waals surface area (Å²) in [6, 6.07) is 80.6. The Morgan fingerprint density at radius 1 is 0.259 bits per heavy atom. The fraction of sp³-hybridized carbons (Fsp3) is 0. The van der Waals surface area contributed by atoms with E-state index >= 15 is 0 Å². The lowest BCUT2D eigenvalue weighted by Gasteiger charge is -2.18. The van der Waals surface area contributed by atoms with E-state index in [-0.39, 0.29) is 0 Å². The van der Waals surface area contributed by atoms with Crippen molar-refractivity contribution >= 4 is 65.2 Å². The standard InChI is InChI=1S/C44H29N.C12H9N/c1-3-13-31(14-4-1)43-36-18-7-9-20-38(36)44(39-21-10-8-19-37(39)43)32-25-23-30(24-26-32)33-27-28-42-40(29-33)35-17-11-12-22-41(35)45(42)34-15-5-2-6-16-34;1-3-7-11-9(5-1)10-6-2-4-8-12(10)13-11/h1-29H;1-8,13H. The van der Waals surface area contributed by atoms with Gasteiger partial charge in [-0.2, -0.15) is 0 Å². The van der Waals surface area contributed by atoms with E-state index < -0.39 is 0 Å². The Hall–Kier alpha value is -7.68. The van der Waals surface area contributed by atoms with Gasteiger partial charge in [-0.25, -0.2) is 0 Å². The lowest BCUT2D eigenvalue weighted by molar-refractivity contribution is 1.18. The average Bonchev–Trinajstić information content (AvgIpc) is 3.85. The summed E-state index contributed by atoms with van der Waals surface area (Å²) in [6.45, 7) is 0. The number of aromatic nitrogens is 2. The molecule has 1 N–H and O–H groups in total. The van der Waals surface area contributed by atoms with Gasteiger partial charge in [0.15, 0.2) is 0 Å². The predicted molar refractivity (Wildman–Crippen MR) is 248 cm³/mol. The molecule has 2 heteroatoms. The zero-order valence-electron chi connectivity index (χ0n) is 31.8. The number of aromatic amines is 1. The summed E-state index contributed by atoms with van der Waals surface area (Å²) in [5, 5.41) is 10.3. The van der Waals surface area contributed by atoms with E-state index in [9.17, 15) is 0 Å². The smallest absolute Gasteiger partial charge is 0.0541 e. The maximum Gasteiger partial charge on any atom is 0.0541 e. The summed E-state index contributed by atoms with van der Waals surface area (Å²) < 4.78 is 2.37. The Balaban J connectivity index is 0.000000250. The molecule has 0 radical (unpaired) electrons. The minimum atomic E-state index is 1.18. The molecular weight excluding hydrogens is 701 g/mol. The lowest BCUT2D eigenvalue weighted by atomic mass is 9.86. The van der Waals surface area contributed by atoms with Crippen molar-refractivity contribution in [1.82, 2.24) is 9.55 Å². The highest BCUT2D eigenvalue weighted by Gasteiger charge is 2.17. The summed E-state index contributed by atoms with van der Waals surface area (Å²) in [5.74, 6) is 0. The first kappa shape index (κ1) is 33.6. The van der Waals surface area contributed by atoms with Crippen LogP contribution in [0.25, 0.3) is 104 Å². The molecule has 2 heterocycles. The Morgan fingerprint density at radius 3 is 1.22 bits per heavy atom. The van der Waals surface area contributed by atoms with Crippen molar-refractivity contribution in [1.29, 1.82) is 0 Å². The first-order valence-corrected chi connectivity index (χ1v) is 19.9. The molecule has 0 aliphatic rings. The van der Waals surface area contributed by atoms with Crippen LogP contribution in [-0.4, -0.2) is 9.55 Å². The molecule has 0 amide bonds. The maximum absolute atomic E-state index is 3.38. The first-order valence-electron chi connectivity index (χ1n) is 19.9.